The topological polar surface area (TPSA) is 88.3 Å². The van der Waals surface area contributed by atoms with Crippen LogP contribution in [0.5, 0.6) is 0 Å². The van der Waals surface area contributed by atoms with Crippen molar-refractivity contribution in [3.63, 3.8) is 0 Å². The maximum Gasteiger partial charge on any atom is 0.305 e. The first-order valence-electron chi connectivity index (χ1n) is 5.74. The predicted octanol–water partition coefficient (Wildman–Crippen LogP) is 0.840. The van der Waals surface area contributed by atoms with Crippen LogP contribution in [0.1, 0.15) is 25.5 Å². The molecule has 2 N–H and O–H groups in total. The first-order valence-corrected chi connectivity index (χ1v) is 8.04. The van der Waals surface area contributed by atoms with E-state index >= 15 is 0 Å². The molecule has 0 aliphatic rings. The van der Waals surface area contributed by atoms with E-state index in [-0.39, 0.29) is 15.6 Å². The molecule has 0 amide bonds. The Morgan fingerprint density at radius 2 is 2.11 bits per heavy atom. The molecule has 0 bridgehead atoms. The zero-order valence-electron chi connectivity index (χ0n) is 10.5. The maximum atomic E-state index is 11.8. The Labute approximate surface area is 110 Å². The number of aryl methyl sites for hydroxylation is 1. The standard InChI is InChI=1S/C10H18N2O4S2/c1-3-4-6-16-7-5-11-18(14,15)9-8(2)12-10(13)17-9/h11H,3-7H2,1-2H3,(H,12,13). The smallest absolute Gasteiger partial charge is 0.305 e. The molecule has 0 atom stereocenters. The summed E-state index contributed by atoms with van der Waals surface area (Å²) in [5, 5.41) is 0. The number of ether oxygens (including phenoxy) is 1. The highest BCUT2D eigenvalue weighted by molar-refractivity contribution is 7.91. The van der Waals surface area contributed by atoms with Crippen LogP contribution in [0.15, 0.2) is 9.00 Å². The number of hydrogen-bond donors (Lipinski definition) is 2. The van der Waals surface area contributed by atoms with E-state index in [1.54, 1.807) is 6.92 Å². The van der Waals surface area contributed by atoms with Crippen molar-refractivity contribution in [2.24, 2.45) is 0 Å². The third-order valence-corrected chi connectivity index (χ3v) is 5.27. The summed E-state index contributed by atoms with van der Waals surface area (Å²) in [4.78, 5) is 13.1. The summed E-state index contributed by atoms with van der Waals surface area (Å²) < 4.78 is 31.4. The van der Waals surface area contributed by atoms with Gasteiger partial charge in [0.05, 0.1) is 6.61 Å². The maximum absolute atomic E-state index is 11.8. The Morgan fingerprint density at radius 1 is 1.39 bits per heavy atom. The highest BCUT2D eigenvalue weighted by Gasteiger charge is 2.19. The van der Waals surface area contributed by atoms with Crippen LogP contribution in [-0.4, -0.2) is 33.2 Å². The van der Waals surface area contributed by atoms with Gasteiger partial charge in [0.2, 0.25) is 0 Å². The highest BCUT2D eigenvalue weighted by Crippen LogP contribution is 2.14. The van der Waals surface area contributed by atoms with Gasteiger partial charge in [-0.3, -0.25) is 4.79 Å². The third-order valence-electron chi connectivity index (χ3n) is 2.21. The minimum absolute atomic E-state index is 0.0426. The molecule has 6 nitrogen and oxygen atoms in total. The molecule has 0 fully saturated rings. The molecule has 1 heterocycles. The Bertz CT molecular complexity index is 518. The average Bonchev–Trinajstić information content (AvgIpc) is 2.63. The second kappa shape index (κ2) is 7.03. The molecule has 0 aromatic carbocycles. The summed E-state index contributed by atoms with van der Waals surface area (Å²) in [6.07, 6.45) is 2.01. The van der Waals surface area contributed by atoms with E-state index in [1.165, 1.54) is 0 Å². The molecular formula is C10H18N2O4S2. The second-order valence-electron chi connectivity index (χ2n) is 3.79. The molecule has 8 heteroatoms. The summed E-state index contributed by atoms with van der Waals surface area (Å²) in [5.74, 6) is 0. The highest BCUT2D eigenvalue weighted by atomic mass is 32.2. The lowest BCUT2D eigenvalue weighted by Crippen LogP contribution is -2.27. The summed E-state index contributed by atoms with van der Waals surface area (Å²) in [5.41, 5.74) is 0.365. The van der Waals surface area contributed by atoms with Crippen LogP contribution < -0.4 is 9.60 Å². The molecule has 0 radical (unpaired) electrons. The van der Waals surface area contributed by atoms with Crippen molar-refractivity contribution in [1.29, 1.82) is 0 Å². The van der Waals surface area contributed by atoms with Crippen molar-refractivity contribution in [2.75, 3.05) is 19.8 Å². The van der Waals surface area contributed by atoms with Crippen LogP contribution in [0.2, 0.25) is 0 Å². The van der Waals surface area contributed by atoms with Gasteiger partial charge in [0.1, 0.15) is 0 Å². The lowest BCUT2D eigenvalue weighted by molar-refractivity contribution is 0.136. The first-order chi connectivity index (χ1) is 8.47. The van der Waals surface area contributed by atoms with E-state index in [2.05, 4.69) is 16.6 Å². The lowest BCUT2D eigenvalue weighted by atomic mass is 10.4. The van der Waals surface area contributed by atoms with Crippen LogP contribution in [-0.2, 0) is 14.8 Å². The summed E-state index contributed by atoms with van der Waals surface area (Å²) >= 11 is 0.691. The number of thiazole rings is 1. The molecule has 1 aromatic rings. The van der Waals surface area contributed by atoms with Crippen molar-refractivity contribution in [1.82, 2.24) is 9.71 Å². The Balaban J connectivity index is 2.46. The van der Waals surface area contributed by atoms with E-state index in [0.717, 1.165) is 12.8 Å². The number of hydrogen-bond acceptors (Lipinski definition) is 5. The van der Waals surface area contributed by atoms with E-state index < -0.39 is 10.0 Å². The lowest BCUT2D eigenvalue weighted by Gasteiger charge is -2.06. The van der Waals surface area contributed by atoms with Gasteiger partial charge in [-0.05, 0) is 13.3 Å². The monoisotopic (exact) mass is 294 g/mol. The Kier molecular flexibility index (Phi) is 6.00. The van der Waals surface area contributed by atoms with E-state index in [9.17, 15) is 13.2 Å². The Morgan fingerprint density at radius 3 is 2.67 bits per heavy atom. The second-order valence-corrected chi connectivity index (χ2v) is 6.74. The molecule has 1 aromatic heterocycles. The van der Waals surface area contributed by atoms with Gasteiger partial charge in [0.25, 0.3) is 10.0 Å². The predicted molar refractivity (Wildman–Crippen MR) is 70.6 cm³/mol. The molecule has 104 valence electrons. The molecule has 0 spiro atoms. The van der Waals surface area contributed by atoms with Gasteiger partial charge in [-0.2, -0.15) is 0 Å². The molecule has 0 saturated heterocycles. The number of unbranched alkanes of at least 4 members (excludes halogenated alkanes) is 1. The fourth-order valence-corrected chi connectivity index (χ4v) is 3.67. The quantitative estimate of drug-likeness (QED) is 0.695. The minimum atomic E-state index is -3.61. The average molecular weight is 294 g/mol. The van der Waals surface area contributed by atoms with Crippen molar-refractivity contribution in [3.8, 4) is 0 Å². The fraction of sp³-hybridized carbons (Fsp3) is 0.700. The van der Waals surface area contributed by atoms with Crippen molar-refractivity contribution in [3.05, 3.63) is 15.4 Å². The largest absolute Gasteiger partial charge is 0.380 e. The number of aromatic nitrogens is 1. The van der Waals surface area contributed by atoms with Crippen LogP contribution >= 0.6 is 11.3 Å². The van der Waals surface area contributed by atoms with Gasteiger partial charge >= 0.3 is 4.87 Å². The van der Waals surface area contributed by atoms with Gasteiger partial charge in [-0.1, -0.05) is 24.7 Å². The van der Waals surface area contributed by atoms with Crippen LogP contribution in [0.25, 0.3) is 0 Å². The normalized spacial score (nSPS) is 11.9. The number of H-pyrrole nitrogens is 1. The van der Waals surface area contributed by atoms with Gasteiger partial charge in [-0.15, -0.1) is 0 Å². The molecule has 0 saturated carbocycles. The zero-order valence-corrected chi connectivity index (χ0v) is 12.1. The van der Waals surface area contributed by atoms with Crippen molar-refractivity contribution in [2.45, 2.75) is 30.9 Å². The van der Waals surface area contributed by atoms with E-state index in [1.807, 2.05) is 0 Å². The minimum Gasteiger partial charge on any atom is -0.380 e. The number of nitrogens with one attached hydrogen (secondary N) is 2. The van der Waals surface area contributed by atoms with Crippen molar-refractivity contribution < 1.29 is 13.2 Å². The SMILES string of the molecule is CCCCOCCNS(=O)(=O)c1sc(=O)[nH]c1C. The summed E-state index contributed by atoms with van der Waals surface area (Å²) in [6.45, 7) is 4.79. The molecule has 0 aliphatic heterocycles. The van der Waals surface area contributed by atoms with Gasteiger partial charge in [-0.25, -0.2) is 13.1 Å². The molecular weight excluding hydrogens is 276 g/mol. The van der Waals surface area contributed by atoms with Crippen LogP contribution in [0.4, 0.5) is 0 Å². The number of sulfonamides is 1. The Hall–Kier alpha value is -0.700. The third kappa shape index (κ3) is 4.52. The van der Waals surface area contributed by atoms with Crippen LogP contribution in [0, 0.1) is 6.92 Å². The molecule has 18 heavy (non-hydrogen) atoms. The molecule has 0 aliphatic carbocycles. The molecule has 1 rings (SSSR count). The first kappa shape index (κ1) is 15.4. The van der Waals surface area contributed by atoms with Crippen molar-refractivity contribution >= 4 is 21.4 Å². The van der Waals surface area contributed by atoms with E-state index in [0.29, 0.717) is 30.2 Å². The van der Waals surface area contributed by atoms with Crippen LogP contribution in [0.3, 0.4) is 0 Å². The van der Waals surface area contributed by atoms with Gasteiger partial charge < -0.3 is 9.72 Å². The number of rotatable bonds is 8. The van der Waals surface area contributed by atoms with E-state index in [4.69, 9.17) is 4.74 Å². The summed E-state index contributed by atoms with van der Waals surface area (Å²) in [6, 6.07) is 0. The van der Waals surface area contributed by atoms with Gasteiger partial charge in [0, 0.05) is 18.8 Å². The molecule has 0 unspecified atom stereocenters. The fourth-order valence-electron chi connectivity index (χ4n) is 1.31. The zero-order chi connectivity index (χ0) is 13.6. The summed E-state index contributed by atoms with van der Waals surface area (Å²) in [7, 11) is -3.61. The van der Waals surface area contributed by atoms with Gasteiger partial charge in [0.15, 0.2) is 4.21 Å². The number of aromatic amines is 1.